The van der Waals surface area contributed by atoms with E-state index in [1.54, 1.807) is 0 Å². The van der Waals surface area contributed by atoms with Gasteiger partial charge in [-0.15, -0.1) is 0 Å². The summed E-state index contributed by atoms with van der Waals surface area (Å²) >= 11 is 0. The molecule has 0 unspecified atom stereocenters. The lowest BCUT2D eigenvalue weighted by Gasteiger charge is -2.32. The Balaban J connectivity index is 1.35. The molecule has 2 atom stereocenters. The first-order valence-electron chi connectivity index (χ1n) is 9.47. The van der Waals surface area contributed by atoms with Gasteiger partial charge in [0.25, 0.3) is 0 Å². The molecule has 0 aliphatic carbocycles. The summed E-state index contributed by atoms with van der Waals surface area (Å²) in [7, 11) is 0. The average Bonchev–Trinajstić information content (AvgIpc) is 3.06. The van der Waals surface area contributed by atoms with E-state index < -0.39 is 0 Å². The first-order valence-corrected chi connectivity index (χ1v) is 9.47. The van der Waals surface area contributed by atoms with E-state index in [-0.39, 0.29) is 5.91 Å². The second-order valence-electron chi connectivity index (χ2n) is 7.30. The number of nitrogens with one attached hydrogen (secondary N) is 1. The van der Waals surface area contributed by atoms with Crippen LogP contribution in [0.1, 0.15) is 31.2 Å². The van der Waals surface area contributed by atoms with Gasteiger partial charge < -0.3 is 5.32 Å². The van der Waals surface area contributed by atoms with Crippen LogP contribution in [0, 0.1) is 0 Å². The van der Waals surface area contributed by atoms with Gasteiger partial charge in [0.15, 0.2) is 0 Å². The van der Waals surface area contributed by atoms with Gasteiger partial charge in [-0.1, -0.05) is 61.0 Å². The van der Waals surface area contributed by atoms with Crippen LogP contribution in [0.2, 0.25) is 0 Å². The Morgan fingerprint density at radius 2 is 1.68 bits per heavy atom. The molecule has 2 aromatic carbocycles. The topological polar surface area (TPSA) is 32.3 Å². The van der Waals surface area contributed by atoms with Crippen LogP contribution in [0.25, 0.3) is 11.1 Å². The molecule has 2 aromatic rings. The summed E-state index contributed by atoms with van der Waals surface area (Å²) in [5.74, 6) is 0.157. The molecule has 0 bridgehead atoms. The second-order valence-corrected chi connectivity index (χ2v) is 7.30. The highest BCUT2D eigenvalue weighted by Gasteiger charge is 2.36. The zero-order valence-electron chi connectivity index (χ0n) is 14.7. The minimum atomic E-state index is 0.157. The molecule has 1 N–H and O–H groups in total. The fourth-order valence-electron chi connectivity index (χ4n) is 4.30. The van der Waals surface area contributed by atoms with Crippen LogP contribution in [0.5, 0.6) is 0 Å². The van der Waals surface area contributed by atoms with Crippen molar-refractivity contribution in [1.82, 2.24) is 10.2 Å². The van der Waals surface area contributed by atoms with Crippen molar-refractivity contribution in [3.05, 3.63) is 60.2 Å². The van der Waals surface area contributed by atoms with Crippen molar-refractivity contribution in [3.63, 3.8) is 0 Å². The molecule has 0 spiro atoms. The van der Waals surface area contributed by atoms with Gasteiger partial charge in [0, 0.05) is 18.6 Å². The molecule has 2 saturated heterocycles. The summed E-state index contributed by atoms with van der Waals surface area (Å²) < 4.78 is 0. The summed E-state index contributed by atoms with van der Waals surface area (Å²) in [4.78, 5) is 15.0. The largest absolute Gasteiger partial charge is 0.351 e. The van der Waals surface area contributed by atoms with E-state index in [0.29, 0.717) is 18.5 Å². The van der Waals surface area contributed by atoms with Crippen molar-refractivity contribution < 1.29 is 4.79 Å². The van der Waals surface area contributed by atoms with Gasteiger partial charge in [-0.3, -0.25) is 9.69 Å². The van der Waals surface area contributed by atoms with Gasteiger partial charge in [-0.05, 0) is 42.5 Å². The molecule has 3 nitrogen and oxygen atoms in total. The summed E-state index contributed by atoms with van der Waals surface area (Å²) in [6.07, 6.45) is 5.41. The Kier molecular flexibility index (Phi) is 4.84. The Hall–Kier alpha value is -2.13. The fraction of sp³-hybridized carbons (Fsp3) is 0.409. The predicted molar refractivity (Wildman–Crippen MR) is 101 cm³/mol. The lowest BCUT2D eigenvalue weighted by Crippen LogP contribution is -2.47. The molecule has 130 valence electrons. The van der Waals surface area contributed by atoms with Crippen LogP contribution in [-0.2, 0) is 11.2 Å². The smallest absolute Gasteiger partial charge is 0.224 e. The van der Waals surface area contributed by atoms with Crippen molar-refractivity contribution >= 4 is 5.91 Å². The summed E-state index contributed by atoms with van der Waals surface area (Å²) in [5.41, 5.74) is 3.48. The highest BCUT2D eigenvalue weighted by molar-refractivity contribution is 5.79. The molecule has 2 fully saturated rings. The fourth-order valence-corrected chi connectivity index (χ4v) is 4.30. The molecule has 2 heterocycles. The van der Waals surface area contributed by atoms with Gasteiger partial charge >= 0.3 is 0 Å². The van der Waals surface area contributed by atoms with Crippen molar-refractivity contribution in [2.75, 3.05) is 13.1 Å². The van der Waals surface area contributed by atoms with E-state index in [1.165, 1.54) is 36.9 Å². The van der Waals surface area contributed by atoms with Crippen LogP contribution in [-0.4, -0.2) is 36.0 Å². The Morgan fingerprint density at radius 3 is 2.48 bits per heavy atom. The summed E-state index contributed by atoms with van der Waals surface area (Å²) in [6.45, 7) is 2.35. The molecule has 2 aliphatic rings. The third-order valence-corrected chi connectivity index (χ3v) is 5.63. The maximum atomic E-state index is 12.5. The minimum Gasteiger partial charge on any atom is -0.351 e. The van der Waals surface area contributed by atoms with Crippen molar-refractivity contribution in [1.29, 1.82) is 0 Å². The van der Waals surface area contributed by atoms with Crippen molar-refractivity contribution in [2.24, 2.45) is 0 Å². The van der Waals surface area contributed by atoms with Crippen molar-refractivity contribution in [3.8, 4) is 11.1 Å². The number of rotatable bonds is 4. The number of benzene rings is 2. The number of piperidine rings is 1. The molecule has 0 aromatic heterocycles. The number of fused-ring (bicyclic) bond motifs is 1. The van der Waals surface area contributed by atoms with Gasteiger partial charge in [-0.2, -0.15) is 0 Å². The standard InChI is InChI=1S/C22H26N2O/c25-22(23-20-13-15-24-14-5-4-8-21(20)24)16-17-9-11-19(12-10-17)18-6-2-1-3-7-18/h1-3,6-7,9-12,20-21H,4-5,8,13-16H2,(H,23,25)/t20-,21-/m1/s1. The molecule has 2 aliphatic heterocycles. The highest BCUT2D eigenvalue weighted by Crippen LogP contribution is 2.27. The maximum Gasteiger partial charge on any atom is 0.224 e. The van der Waals surface area contributed by atoms with Crippen LogP contribution < -0.4 is 5.32 Å². The number of carbonyl (C=O) groups is 1. The number of hydrogen-bond acceptors (Lipinski definition) is 2. The Labute approximate surface area is 150 Å². The number of nitrogens with zero attached hydrogens (tertiary/aromatic N) is 1. The van der Waals surface area contributed by atoms with E-state index >= 15 is 0 Å². The van der Waals surface area contributed by atoms with Crippen LogP contribution >= 0.6 is 0 Å². The molecular weight excluding hydrogens is 308 g/mol. The van der Waals surface area contributed by atoms with Gasteiger partial charge in [0.1, 0.15) is 0 Å². The van der Waals surface area contributed by atoms with Crippen molar-refractivity contribution in [2.45, 2.75) is 44.2 Å². The predicted octanol–water partition coefficient (Wildman–Crippen LogP) is 3.64. The van der Waals surface area contributed by atoms with E-state index in [4.69, 9.17) is 0 Å². The highest BCUT2D eigenvalue weighted by atomic mass is 16.1. The van der Waals surface area contributed by atoms with Gasteiger partial charge in [0.05, 0.1) is 6.42 Å². The third kappa shape index (κ3) is 3.77. The molecule has 3 heteroatoms. The zero-order chi connectivity index (χ0) is 17.1. The van der Waals surface area contributed by atoms with Gasteiger partial charge in [-0.25, -0.2) is 0 Å². The maximum absolute atomic E-state index is 12.5. The monoisotopic (exact) mass is 334 g/mol. The van der Waals surface area contributed by atoms with Gasteiger partial charge in [0.2, 0.25) is 5.91 Å². The lowest BCUT2D eigenvalue weighted by molar-refractivity contribution is -0.121. The summed E-state index contributed by atoms with van der Waals surface area (Å²) in [6, 6.07) is 19.6. The van der Waals surface area contributed by atoms with Crippen LogP contribution in [0.15, 0.2) is 54.6 Å². The SMILES string of the molecule is O=C(Cc1ccc(-c2ccccc2)cc1)N[C@@H]1CCN2CCCC[C@H]12. The van der Waals surface area contributed by atoms with E-state index in [1.807, 2.05) is 18.2 Å². The lowest BCUT2D eigenvalue weighted by atomic mass is 9.98. The number of amides is 1. The average molecular weight is 334 g/mol. The Morgan fingerprint density at radius 1 is 0.920 bits per heavy atom. The first-order chi connectivity index (χ1) is 12.3. The second kappa shape index (κ2) is 7.40. The minimum absolute atomic E-state index is 0.157. The number of hydrogen-bond donors (Lipinski definition) is 1. The Bertz CT molecular complexity index is 711. The molecule has 0 radical (unpaired) electrons. The quantitative estimate of drug-likeness (QED) is 0.926. The van der Waals surface area contributed by atoms with Crippen LogP contribution in [0.3, 0.4) is 0 Å². The third-order valence-electron chi connectivity index (χ3n) is 5.63. The van der Waals surface area contributed by atoms with E-state index in [9.17, 15) is 4.79 Å². The normalized spacial score (nSPS) is 23.2. The van der Waals surface area contributed by atoms with E-state index in [2.05, 4.69) is 46.6 Å². The first kappa shape index (κ1) is 16.3. The molecular formula is C22H26N2O. The van der Waals surface area contributed by atoms with E-state index in [0.717, 1.165) is 18.5 Å². The summed E-state index contributed by atoms with van der Waals surface area (Å²) in [5, 5.41) is 3.29. The molecule has 4 rings (SSSR count). The zero-order valence-corrected chi connectivity index (χ0v) is 14.7. The molecule has 25 heavy (non-hydrogen) atoms. The molecule has 1 amide bonds. The molecule has 0 saturated carbocycles. The van der Waals surface area contributed by atoms with Crippen LogP contribution in [0.4, 0.5) is 0 Å². The number of carbonyl (C=O) groups excluding carboxylic acids is 1.